The molecule has 1 N–H and O–H groups in total. The Kier molecular flexibility index (Phi) is 6.80. The van der Waals surface area contributed by atoms with E-state index in [2.05, 4.69) is 10.3 Å². The molecular weight excluding hydrogens is 452 g/mol. The van der Waals surface area contributed by atoms with Gasteiger partial charge in [-0.05, 0) is 35.9 Å². The van der Waals surface area contributed by atoms with Crippen LogP contribution in [0, 0.1) is 0 Å². The number of ether oxygens (including phenoxy) is 1. The maximum absolute atomic E-state index is 12.9. The van der Waals surface area contributed by atoms with Gasteiger partial charge in [-0.3, -0.25) is 4.79 Å². The first kappa shape index (κ1) is 22.7. The zero-order chi connectivity index (χ0) is 22.7. The van der Waals surface area contributed by atoms with Crippen LogP contribution in [0.3, 0.4) is 0 Å². The van der Waals surface area contributed by atoms with E-state index in [1.54, 1.807) is 30.3 Å². The first-order chi connectivity index (χ1) is 15.3. The van der Waals surface area contributed by atoms with Crippen LogP contribution in [0.4, 0.5) is 0 Å². The van der Waals surface area contributed by atoms with E-state index in [1.165, 1.54) is 4.31 Å². The van der Waals surface area contributed by atoms with Crippen molar-refractivity contribution in [3.63, 3.8) is 0 Å². The molecule has 0 atom stereocenters. The normalized spacial score (nSPS) is 15.2. The number of hydrogen-bond acceptors (Lipinski definition) is 5. The van der Waals surface area contributed by atoms with Crippen LogP contribution in [-0.4, -0.2) is 54.5 Å². The molecule has 0 unspecified atom stereocenters. The fourth-order valence-corrected chi connectivity index (χ4v) is 5.22. The Morgan fingerprint density at radius 3 is 2.59 bits per heavy atom. The minimum atomic E-state index is -3.59. The third-order valence-electron chi connectivity index (χ3n) is 5.53. The zero-order valence-electron chi connectivity index (χ0n) is 17.8. The summed E-state index contributed by atoms with van der Waals surface area (Å²) in [6.07, 6.45) is 0.729. The van der Waals surface area contributed by atoms with Crippen molar-refractivity contribution in [2.24, 2.45) is 7.05 Å². The van der Waals surface area contributed by atoms with Gasteiger partial charge in [0.15, 0.2) is 0 Å². The molecular formula is C22H25ClN4O4S. The molecule has 1 aliphatic rings. The Morgan fingerprint density at radius 1 is 1.16 bits per heavy atom. The summed E-state index contributed by atoms with van der Waals surface area (Å²) < 4.78 is 34.4. The van der Waals surface area contributed by atoms with Crippen LogP contribution in [0.1, 0.15) is 17.8 Å². The summed E-state index contributed by atoms with van der Waals surface area (Å²) in [7, 11) is -1.72. The Hall–Kier alpha value is -2.46. The van der Waals surface area contributed by atoms with Crippen molar-refractivity contribution < 1.29 is 17.9 Å². The second-order valence-corrected chi connectivity index (χ2v) is 10.0. The number of morpholine rings is 1. The highest BCUT2D eigenvalue weighted by Crippen LogP contribution is 2.23. The lowest BCUT2D eigenvalue weighted by Gasteiger charge is -2.26. The number of nitrogens with zero attached hydrogens (tertiary/aromatic N) is 3. The molecule has 0 radical (unpaired) electrons. The number of rotatable bonds is 7. The highest BCUT2D eigenvalue weighted by molar-refractivity contribution is 7.89. The first-order valence-electron chi connectivity index (χ1n) is 10.4. The number of fused-ring (bicyclic) bond motifs is 1. The van der Waals surface area contributed by atoms with Crippen molar-refractivity contribution >= 4 is 38.6 Å². The number of sulfonamides is 1. The van der Waals surface area contributed by atoms with Crippen LogP contribution in [-0.2, 0) is 39.6 Å². The number of halogens is 1. The monoisotopic (exact) mass is 476 g/mol. The predicted molar refractivity (Wildman–Crippen MR) is 122 cm³/mol. The molecule has 32 heavy (non-hydrogen) atoms. The fourth-order valence-electron chi connectivity index (χ4n) is 3.67. The van der Waals surface area contributed by atoms with E-state index in [0.29, 0.717) is 49.8 Å². The number of amides is 1. The molecule has 3 aromatic rings. The zero-order valence-corrected chi connectivity index (χ0v) is 19.3. The average Bonchev–Trinajstić information content (AvgIpc) is 3.12. The van der Waals surface area contributed by atoms with Gasteiger partial charge in [-0.1, -0.05) is 23.7 Å². The standard InChI is InChI=1S/C22H25ClN4O4S/c1-26-20-7-6-18(32(29,30)27-10-12-31-13-11-27)14-19(20)25-21(26)8-9-22(28)24-15-16-2-4-17(23)5-3-16/h2-7,14H,8-13,15H2,1H3,(H,24,28). The van der Waals surface area contributed by atoms with Gasteiger partial charge in [0.25, 0.3) is 0 Å². The van der Waals surface area contributed by atoms with Crippen molar-refractivity contribution in [3.8, 4) is 0 Å². The Morgan fingerprint density at radius 2 is 1.88 bits per heavy atom. The molecule has 0 saturated carbocycles. The van der Waals surface area contributed by atoms with Crippen molar-refractivity contribution in [2.45, 2.75) is 24.3 Å². The molecule has 1 aliphatic heterocycles. The quantitative estimate of drug-likeness (QED) is 0.565. The molecule has 1 amide bonds. The number of carbonyl (C=O) groups is 1. The predicted octanol–water partition coefficient (Wildman–Crippen LogP) is 2.50. The number of nitrogens with one attached hydrogen (secondary N) is 1. The third kappa shape index (κ3) is 4.96. The lowest BCUT2D eigenvalue weighted by atomic mass is 10.2. The molecule has 1 fully saturated rings. The van der Waals surface area contributed by atoms with Crippen LogP contribution >= 0.6 is 11.6 Å². The van der Waals surface area contributed by atoms with Gasteiger partial charge in [0.1, 0.15) is 5.82 Å². The number of benzene rings is 2. The lowest BCUT2D eigenvalue weighted by Crippen LogP contribution is -2.40. The van der Waals surface area contributed by atoms with Gasteiger partial charge in [0, 0.05) is 44.5 Å². The number of hydrogen-bond donors (Lipinski definition) is 1. The minimum absolute atomic E-state index is 0.0809. The van der Waals surface area contributed by atoms with E-state index in [9.17, 15) is 13.2 Å². The second kappa shape index (κ2) is 9.58. The SMILES string of the molecule is Cn1c(CCC(=O)NCc2ccc(Cl)cc2)nc2cc(S(=O)(=O)N3CCOCC3)ccc21. The Bertz CT molecular complexity index is 1220. The second-order valence-electron chi connectivity index (χ2n) is 7.66. The topological polar surface area (TPSA) is 93.5 Å². The van der Waals surface area contributed by atoms with E-state index in [4.69, 9.17) is 16.3 Å². The van der Waals surface area contributed by atoms with Crippen LogP contribution in [0.2, 0.25) is 5.02 Å². The molecule has 2 aromatic carbocycles. The summed E-state index contributed by atoms with van der Waals surface area (Å²) >= 11 is 5.88. The van der Waals surface area contributed by atoms with Gasteiger partial charge >= 0.3 is 0 Å². The molecule has 0 spiro atoms. The maximum atomic E-state index is 12.9. The summed E-state index contributed by atoms with van der Waals surface area (Å²) in [5.41, 5.74) is 2.39. The van der Waals surface area contributed by atoms with Gasteiger partial charge in [0.05, 0.1) is 29.1 Å². The molecule has 1 saturated heterocycles. The molecule has 0 aliphatic carbocycles. The molecule has 170 valence electrons. The molecule has 8 nitrogen and oxygen atoms in total. The van der Waals surface area contributed by atoms with E-state index < -0.39 is 10.0 Å². The van der Waals surface area contributed by atoms with Gasteiger partial charge in [-0.15, -0.1) is 0 Å². The minimum Gasteiger partial charge on any atom is -0.379 e. The van der Waals surface area contributed by atoms with E-state index in [0.717, 1.165) is 16.9 Å². The van der Waals surface area contributed by atoms with Crippen molar-refractivity contribution in [1.29, 1.82) is 0 Å². The van der Waals surface area contributed by atoms with Crippen molar-refractivity contribution in [2.75, 3.05) is 26.3 Å². The summed E-state index contributed by atoms with van der Waals surface area (Å²) in [4.78, 5) is 17.1. The smallest absolute Gasteiger partial charge is 0.243 e. The van der Waals surface area contributed by atoms with Crippen molar-refractivity contribution in [1.82, 2.24) is 19.2 Å². The Balaban J connectivity index is 1.42. The number of aryl methyl sites for hydroxylation is 2. The molecule has 4 rings (SSSR count). The van der Waals surface area contributed by atoms with E-state index >= 15 is 0 Å². The summed E-state index contributed by atoms with van der Waals surface area (Å²) in [6, 6.07) is 12.3. The van der Waals surface area contributed by atoms with E-state index in [1.807, 2.05) is 23.7 Å². The van der Waals surface area contributed by atoms with Gasteiger partial charge in [-0.25, -0.2) is 13.4 Å². The summed E-state index contributed by atoms with van der Waals surface area (Å²) in [5.74, 6) is 0.644. The number of carbonyl (C=O) groups excluding carboxylic acids is 1. The highest BCUT2D eigenvalue weighted by Gasteiger charge is 2.27. The fraction of sp³-hybridized carbons (Fsp3) is 0.364. The van der Waals surface area contributed by atoms with Gasteiger partial charge in [-0.2, -0.15) is 4.31 Å². The van der Waals surface area contributed by atoms with Crippen molar-refractivity contribution in [3.05, 3.63) is 58.9 Å². The van der Waals surface area contributed by atoms with Crippen LogP contribution in [0.5, 0.6) is 0 Å². The molecule has 1 aromatic heterocycles. The number of aromatic nitrogens is 2. The highest BCUT2D eigenvalue weighted by atomic mass is 35.5. The molecule has 2 heterocycles. The molecule has 10 heteroatoms. The molecule has 0 bridgehead atoms. The summed E-state index contributed by atoms with van der Waals surface area (Å²) in [5, 5.41) is 3.55. The third-order valence-corrected chi connectivity index (χ3v) is 7.68. The number of imidazole rings is 1. The first-order valence-corrected chi connectivity index (χ1v) is 12.2. The Labute approximate surface area is 192 Å². The average molecular weight is 477 g/mol. The van der Waals surface area contributed by atoms with Gasteiger partial charge < -0.3 is 14.6 Å². The maximum Gasteiger partial charge on any atom is 0.243 e. The van der Waals surface area contributed by atoms with E-state index in [-0.39, 0.29) is 17.2 Å². The van der Waals surface area contributed by atoms with Crippen LogP contribution < -0.4 is 5.32 Å². The van der Waals surface area contributed by atoms with Gasteiger partial charge in [0.2, 0.25) is 15.9 Å². The largest absolute Gasteiger partial charge is 0.379 e. The lowest BCUT2D eigenvalue weighted by molar-refractivity contribution is -0.121. The van der Waals surface area contributed by atoms with Crippen LogP contribution in [0.15, 0.2) is 47.4 Å². The summed E-state index contributed by atoms with van der Waals surface area (Å²) in [6.45, 7) is 1.92. The van der Waals surface area contributed by atoms with Crippen LogP contribution in [0.25, 0.3) is 11.0 Å².